The number of nitrogens with one attached hydrogen (secondary N) is 5. The summed E-state index contributed by atoms with van der Waals surface area (Å²) in [7, 11) is 1.42. The highest BCUT2D eigenvalue weighted by Gasteiger charge is 2.64. The van der Waals surface area contributed by atoms with Crippen LogP contribution >= 0.6 is 15.9 Å². The van der Waals surface area contributed by atoms with Gasteiger partial charge in [-0.05, 0) is 102 Å². The predicted octanol–water partition coefficient (Wildman–Crippen LogP) is 7.17. The average Bonchev–Trinajstić information content (AvgIpc) is 1.55. The molecular weight excluding hydrogens is 1270 g/mol. The van der Waals surface area contributed by atoms with Gasteiger partial charge in [0, 0.05) is 68.7 Å². The van der Waals surface area contributed by atoms with Crippen molar-refractivity contribution in [1.29, 1.82) is 0 Å². The number of carboxylic acids is 1. The number of hydrogen-bond donors (Lipinski definition) is 6. The number of amides is 6. The van der Waals surface area contributed by atoms with E-state index in [-0.39, 0.29) is 163 Å². The maximum Gasteiger partial charge on any atom is 0.326 e. The molecule has 93 heavy (non-hydrogen) atoms. The third-order valence-electron chi connectivity index (χ3n) is 16.6. The fourth-order valence-electron chi connectivity index (χ4n) is 11.3. The number of piperidine rings is 1. The van der Waals surface area contributed by atoms with Crippen molar-refractivity contribution in [2.24, 2.45) is 5.41 Å². The van der Waals surface area contributed by atoms with E-state index in [4.69, 9.17) is 18.9 Å². The van der Waals surface area contributed by atoms with Crippen LogP contribution in [0.3, 0.4) is 0 Å². The average molecular weight is 1360 g/mol. The molecule has 4 heterocycles. The summed E-state index contributed by atoms with van der Waals surface area (Å²) in [4.78, 5) is 128. The van der Waals surface area contributed by atoms with Gasteiger partial charge in [0.15, 0.2) is 5.78 Å². The van der Waals surface area contributed by atoms with Crippen molar-refractivity contribution in [3.05, 3.63) is 63.9 Å². The van der Waals surface area contributed by atoms with Crippen LogP contribution < -0.4 is 26.6 Å². The first-order valence-corrected chi connectivity index (χ1v) is 33.3. The maximum atomic E-state index is 14.2. The second-order valence-electron chi connectivity index (χ2n) is 24.2. The molecule has 27 heteroatoms. The molecule has 510 valence electrons. The van der Waals surface area contributed by atoms with Crippen molar-refractivity contribution in [2.45, 2.75) is 187 Å². The lowest BCUT2D eigenvalue weighted by molar-refractivity contribution is -0.142. The van der Waals surface area contributed by atoms with E-state index in [2.05, 4.69) is 74.2 Å². The van der Waals surface area contributed by atoms with Gasteiger partial charge in [0.05, 0.1) is 58.8 Å². The largest absolute Gasteiger partial charge is 0.480 e. The second kappa shape index (κ2) is 39.4. The zero-order valence-corrected chi connectivity index (χ0v) is 56.1. The monoisotopic (exact) mass is 1360 g/mol. The molecule has 0 bridgehead atoms. The molecule has 26 nitrogen and oxygen atoms in total. The highest BCUT2D eigenvalue weighted by atomic mass is 79.9. The van der Waals surface area contributed by atoms with Gasteiger partial charge in [0.25, 0.3) is 0 Å². The number of aromatic nitrogens is 5. The molecule has 1 aliphatic carbocycles. The van der Waals surface area contributed by atoms with Gasteiger partial charge in [-0.3, -0.25) is 43.0 Å². The van der Waals surface area contributed by atoms with Gasteiger partial charge in [0.1, 0.15) is 53.8 Å². The van der Waals surface area contributed by atoms with Gasteiger partial charge in [-0.25, -0.2) is 19.7 Å². The van der Waals surface area contributed by atoms with Gasteiger partial charge in [-0.2, -0.15) is 5.10 Å². The number of aryl methyl sites for hydroxylation is 2. The highest BCUT2D eigenvalue weighted by molar-refractivity contribution is 9.10. The van der Waals surface area contributed by atoms with Crippen LogP contribution in [0, 0.1) is 19.3 Å². The van der Waals surface area contributed by atoms with Gasteiger partial charge < -0.3 is 60.3 Å². The molecular formula is C66H94BrN11O15. The highest BCUT2D eigenvalue weighted by Crippen LogP contribution is 2.59. The molecule has 3 aromatic heterocycles. The quantitative estimate of drug-likeness (QED) is 0.0110. The Kier molecular flexibility index (Phi) is 31.6. The van der Waals surface area contributed by atoms with Crippen LogP contribution in [0.1, 0.15) is 170 Å². The number of unbranched alkanes of at least 4 members (excludes halogenated alkanes) is 13. The molecule has 1 saturated carbocycles. The number of Topliss-reactive ketones (excluding diaryl/α,β-unsaturated/α-hetero) is 1. The van der Waals surface area contributed by atoms with E-state index in [0.29, 0.717) is 52.0 Å². The number of halogens is 1. The number of carbonyl (C=O) groups is 9. The zero-order chi connectivity index (χ0) is 67.1. The lowest BCUT2D eigenvalue weighted by atomic mass is 10.0. The fraction of sp³-hybridized carbons (Fsp3) is 0.621. The Morgan fingerprint density at radius 1 is 0.677 bits per heavy atom. The van der Waals surface area contributed by atoms with E-state index in [1.54, 1.807) is 28.0 Å². The zero-order valence-electron chi connectivity index (χ0n) is 54.5. The lowest BCUT2D eigenvalue weighted by Gasteiger charge is -2.27. The minimum absolute atomic E-state index is 0.0420. The summed E-state index contributed by atoms with van der Waals surface area (Å²) in [5.74, 6) is -2.84. The molecule has 1 aromatic carbocycles. The van der Waals surface area contributed by atoms with Crippen molar-refractivity contribution >= 4 is 85.8 Å². The number of nitrogens with zero attached hydrogens (tertiary/aromatic N) is 6. The molecule has 1 saturated heterocycles. The first-order valence-electron chi connectivity index (χ1n) is 32.6. The smallest absolute Gasteiger partial charge is 0.326 e. The number of fused-ring (bicyclic) bond motifs is 2. The van der Waals surface area contributed by atoms with Crippen LogP contribution in [0.4, 0.5) is 5.82 Å². The van der Waals surface area contributed by atoms with E-state index >= 15 is 0 Å². The molecule has 4 atom stereocenters. The third kappa shape index (κ3) is 25.5. The van der Waals surface area contributed by atoms with Crippen molar-refractivity contribution < 1.29 is 71.9 Å². The summed E-state index contributed by atoms with van der Waals surface area (Å²) in [6.45, 7) is 8.10. The Morgan fingerprint density at radius 3 is 1.84 bits per heavy atom. The Labute approximate surface area is 552 Å². The molecule has 2 aliphatic rings. The number of ketones is 1. The summed E-state index contributed by atoms with van der Waals surface area (Å²) in [6.07, 6.45) is 20.6. The maximum absolute atomic E-state index is 14.2. The molecule has 0 unspecified atom stereocenters. The Morgan fingerprint density at radius 2 is 1.25 bits per heavy atom. The number of carbonyl (C=O) groups excluding carboxylic acids is 8. The first kappa shape index (κ1) is 74.7. The number of hydrogen-bond acceptors (Lipinski definition) is 18. The van der Waals surface area contributed by atoms with Crippen LogP contribution in [0.25, 0.3) is 22.0 Å². The van der Waals surface area contributed by atoms with E-state index < -0.39 is 18.1 Å². The number of esters is 1. The summed E-state index contributed by atoms with van der Waals surface area (Å²) in [6, 6.07) is 5.43. The number of benzene rings is 1. The molecule has 6 amide bonds. The van der Waals surface area contributed by atoms with Crippen molar-refractivity contribution in [2.75, 3.05) is 78.4 Å². The second-order valence-corrected chi connectivity index (χ2v) is 25.0. The standard InChI is InChI=1S/C66H94BrN11O15/c1-44-22-24-53(67)74-63(44)75-64(86)51-36-66(4)37-52(66)78(51)59(84)41-77-62-45(2)34-47(35-49(62)61(76-77)46(3)79)48-38-70-54(71-39-48)40-72-58(83)43-93-33-31-91-29-27-69-57(82)42-92-32-30-90-28-26-68-55(80)25-23-50(65(87)88)73-56(81)20-18-16-14-12-10-8-6-7-9-11-13-15-17-19-21-60(85)89-5/h22,24,34-35,38-39,50-52H,6-21,23,25-33,36-37,40-43H2,1-5H3,(H,68,80)(H,69,82)(H,72,83)(H,73,81)(H,87,88)(H,74,75,86)/t50-,51-,52+,66-/m0/s1. The number of carboxylic acid groups (broad SMARTS) is 1. The third-order valence-corrected chi connectivity index (χ3v) is 17.0. The summed E-state index contributed by atoms with van der Waals surface area (Å²) >= 11 is 3.36. The molecule has 0 spiro atoms. The number of ether oxygens (including phenoxy) is 5. The van der Waals surface area contributed by atoms with E-state index in [1.807, 2.05) is 32.0 Å². The number of anilines is 1. The lowest BCUT2D eigenvalue weighted by Crippen LogP contribution is -2.47. The number of likely N-dealkylation sites (tertiary alicyclic amines) is 1. The molecule has 2 fully saturated rings. The fourth-order valence-corrected chi connectivity index (χ4v) is 11.6. The minimum Gasteiger partial charge on any atom is -0.480 e. The summed E-state index contributed by atoms with van der Waals surface area (Å²) in [5, 5.41) is 28.3. The predicted molar refractivity (Wildman–Crippen MR) is 348 cm³/mol. The van der Waals surface area contributed by atoms with Gasteiger partial charge in [-0.15, -0.1) is 0 Å². The molecule has 0 radical (unpaired) electrons. The van der Waals surface area contributed by atoms with E-state index in [9.17, 15) is 48.3 Å². The van der Waals surface area contributed by atoms with E-state index in [0.717, 1.165) is 61.6 Å². The normalized spacial score (nSPS) is 15.9. The number of aliphatic carboxylic acids is 1. The molecule has 6 N–H and O–H groups in total. The van der Waals surface area contributed by atoms with Crippen molar-refractivity contribution in [3.63, 3.8) is 0 Å². The number of pyridine rings is 1. The number of rotatable bonds is 46. The van der Waals surface area contributed by atoms with Gasteiger partial charge >= 0.3 is 11.9 Å². The van der Waals surface area contributed by atoms with Crippen LogP contribution in [-0.2, 0) is 75.1 Å². The van der Waals surface area contributed by atoms with Crippen molar-refractivity contribution in [1.82, 2.24) is 50.9 Å². The van der Waals surface area contributed by atoms with E-state index in [1.165, 1.54) is 59.0 Å². The molecule has 1 aliphatic heterocycles. The van der Waals surface area contributed by atoms with Gasteiger partial charge in [-0.1, -0.05) is 90.0 Å². The van der Waals surface area contributed by atoms with Crippen LogP contribution in [0.5, 0.6) is 0 Å². The Balaban J connectivity index is 0.741. The topological polar surface area (TPSA) is 340 Å². The van der Waals surface area contributed by atoms with Crippen molar-refractivity contribution in [3.8, 4) is 11.1 Å². The molecule has 6 rings (SSSR count). The Bertz CT molecular complexity index is 3150. The van der Waals surface area contributed by atoms with Crippen LogP contribution in [0.2, 0.25) is 0 Å². The van der Waals surface area contributed by atoms with Gasteiger partial charge in [0.2, 0.25) is 35.4 Å². The Hall–Kier alpha value is -7.33. The minimum atomic E-state index is -1.19. The first-order chi connectivity index (χ1) is 44.8. The molecule has 4 aromatic rings. The summed E-state index contributed by atoms with van der Waals surface area (Å²) in [5.41, 5.74) is 3.60. The van der Waals surface area contributed by atoms with Crippen LogP contribution in [0.15, 0.2) is 41.3 Å². The SMILES string of the molecule is COC(=O)CCCCCCCCCCCCCCCCC(=O)N[C@@H](CCC(=O)NCCOCCOCC(=O)NCCOCCOCC(=O)NCc1ncc(-c2cc(C)c3c(c2)c(C(C)=O)nn3CC(=O)N2[C@H](C(=O)Nc3nc(Br)ccc3C)C[C@@]3(C)C[C@@H]23)cn1)C(=O)O. The number of methoxy groups -OCH3 is 1. The van der Waals surface area contributed by atoms with Crippen LogP contribution in [-0.4, -0.2) is 179 Å². The summed E-state index contributed by atoms with van der Waals surface area (Å²) < 4.78 is 28.5.